The Balaban J connectivity index is 1.39. The molecule has 0 unspecified atom stereocenters. The smallest absolute Gasteiger partial charge is 0.234 e. The van der Waals surface area contributed by atoms with Crippen molar-refractivity contribution in [3.8, 4) is 11.8 Å². The van der Waals surface area contributed by atoms with E-state index >= 15 is 0 Å². The van der Waals surface area contributed by atoms with Crippen LogP contribution in [-0.2, 0) is 11.2 Å². The Bertz CT molecular complexity index is 1540. The van der Waals surface area contributed by atoms with Crippen LogP contribution < -0.4 is 5.32 Å². The van der Waals surface area contributed by atoms with Gasteiger partial charge in [0.2, 0.25) is 11.7 Å². The zero-order valence-corrected chi connectivity index (χ0v) is 19.9. The molecule has 3 aromatic carbocycles. The van der Waals surface area contributed by atoms with Gasteiger partial charge in [-0.15, -0.1) is 10.2 Å². The number of nitriles is 1. The molecule has 1 amide bonds. The molecule has 0 fully saturated rings. The predicted molar refractivity (Wildman–Crippen MR) is 136 cm³/mol. The molecule has 5 rings (SSSR count). The van der Waals surface area contributed by atoms with Gasteiger partial charge in [0.05, 0.1) is 5.75 Å². The highest BCUT2D eigenvalue weighted by Crippen LogP contribution is 2.31. The lowest BCUT2D eigenvalue weighted by atomic mass is 10.1. The van der Waals surface area contributed by atoms with Gasteiger partial charge in [0, 0.05) is 22.5 Å². The molecule has 0 saturated heterocycles. The number of anilines is 1. The first-order valence-corrected chi connectivity index (χ1v) is 12.1. The van der Waals surface area contributed by atoms with Gasteiger partial charge in [-0.1, -0.05) is 65.8 Å². The third kappa shape index (κ3) is 4.92. The van der Waals surface area contributed by atoms with Crippen LogP contribution in [0.5, 0.6) is 0 Å². The molecule has 0 saturated carbocycles. The Morgan fingerprint density at radius 2 is 1.77 bits per heavy atom. The number of fused-ring (bicyclic) bond motifs is 1. The summed E-state index contributed by atoms with van der Waals surface area (Å²) in [4.78, 5) is 12.8. The maximum absolute atomic E-state index is 12.8. The summed E-state index contributed by atoms with van der Waals surface area (Å²) in [6.07, 6.45) is 0.579. The normalized spacial score (nSPS) is 10.9. The minimum atomic E-state index is -0.284. The maximum atomic E-state index is 12.8. The van der Waals surface area contributed by atoms with Gasteiger partial charge in [0.1, 0.15) is 23.2 Å². The van der Waals surface area contributed by atoms with E-state index in [1.807, 2.05) is 65.2 Å². The number of carbonyl (C=O) groups is 1. The van der Waals surface area contributed by atoms with Crippen LogP contribution in [0.1, 0.15) is 17.1 Å². The average molecular weight is 500 g/mol. The first-order chi connectivity index (χ1) is 17.1. The standard InChI is InChI=1S/C26H18ClN5O2S/c27-18-10-12-19(13-11-18)32-23(14-17-6-2-1-3-7-17)30-31-26(32)35-16-24(33)29-25-20-8-4-5-9-21(20)34-22(25)15-28/h1-13H,14,16H2,(H,29,33). The fourth-order valence-corrected chi connectivity index (χ4v) is 4.59. The molecule has 7 nitrogen and oxygen atoms in total. The highest BCUT2D eigenvalue weighted by atomic mass is 35.5. The number of aromatic nitrogens is 3. The van der Waals surface area contributed by atoms with E-state index in [2.05, 4.69) is 15.5 Å². The molecule has 0 aliphatic heterocycles. The van der Waals surface area contributed by atoms with E-state index in [0.717, 1.165) is 17.1 Å². The van der Waals surface area contributed by atoms with Crippen molar-refractivity contribution in [2.45, 2.75) is 11.6 Å². The Kier molecular flexibility index (Phi) is 6.53. The second-order valence-corrected chi connectivity index (χ2v) is 9.00. The van der Waals surface area contributed by atoms with Crippen LogP contribution in [0.4, 0.5) is 5.69 Å². The fraction of sp³-hybridized carbons (Fsp3) is 0.0769. The summed E-state index contributed by atoms with van der Waals surface area (Å²) in [5.74, 6) is 0.600. The number of hydrogen-bond acceptors (Lipinski definition) is 6. The lowest BCUT2D eigenvalue weighted by Gasteiger charge is -2.11. The molecular weight excluding hydrogens is 482 g/mol. The van der Waals surface area contributed by atoms with Crippen LogP contribution in [0, 0.1) is 11.3 Å². The van der Waals surface area contributed by atoms with Crippen molar-refractivity contribution in [3.05, 3.63) is 101 Å². The summed E-state index contributed by atoms with van der Waals surface area (Å²) in [5, 5.41) is 22.9. The lowest BCUT2D eigenvalue weighted by Crippen LogP contribution is -2.15. The fourth-order valence-electron chi connectivity index (χ4n) is 3.69. The van der Waals surface area contributed by atoms with Gasteiger partial charge >= 0.3 is 0 Å². The van der Waals surface area contributed by atoms with E-state index in [4.69, 9.17) is 16.0 Å². The first kappa shape index (κ1) is 22.7. The summed E-state index contributed by atoms with van der Waals surface area (Å²) in [6, 6.07) is 26.6. The van der Waals surface area contributed by atoms with Gasteiger partial charge in [-0.25, -0.2) is 0 Å². The van der Waals surface area contributed by atoms with E-state index in [1.165, 1.54) is 11.8 Å². The maximum Gasteiger partial charge on any atom is 0.234 e. The van der Waals surface area contributed by atoms with Gasteiger partial charge in [-0.05, 0) is 42.0 Å². The van der Waals surface area contributed by atoms with Crippen LogP contribution in [0.2, 0.25) is 5.02 Å². The van der Waals surface area contributed by atoms with Crippen molar-refractivity contribution in [1.29, 1.82) is 5.26 Å². The summed E-state index contributed by atoms with van der Waals surface area (Å²) in [5.41, 5.74) is 2.86. The number of thioether (sulfide) groups is 1. The minimum Gasteiger partial charge on any atom is -0.443 e. The van der Waals surface area contributed by atoms with Crippen molar-refractivity contribution < 1.29 is 9.21 Å². The van der Waals surface area contributed by atoms with E-state index in [0.29, 0.717) is 33.3 Å². The van der Waals surface area contributed by atoms with Crippen LogP contribution in [0.3, 0.4) is 0 Å². The molecule has 2 heterocycles. The third-order valence-corrected chi connectivity index (χ3v) is 6.46. The quantitative estimate of drug-likeness (QED) is 0.282. The Morgan fingerprint density at radius 1 is 1.03 bits per heavy atom. The molecule has 0 radical (unpaired) electrons. The van der Waals surface area contributed by atoms with E-state index < -0.39 is 0 Å². The summed E-state index contributed by atoms with van der Waals surface area (Å²) < 4.78 is 7.46. The number of benzene rings is 3. The lowest BCUT2D eigenvalue weighted by molar-refractivity contribution is -0.113. The molecular formula is C26H18ClN5O2S. The number of para-hydroxylation sites is 1. The number of halogens is 1. The van der Waals surface area contributed by atoms with E-state index in [1.54, 1.807) is 24.3 Å². The number of amides is 1. The van der Waals surface area contributed by atoms with Crippen molar-refractivity contribution in [1.82, 2.24) is 14.8 Å². The highest BCUT2D eigenvalue weighted by Gasteiger charge is 2.19. The van der Waals surface area contributed by atoms with E-state index in [-0.39, 0.29) is 17.4 Å². The zero-order chi connectivity index (χ0) is 24.2. The predicted octanol–water partition coefficient (Wildman–Crippen LogP) is 5.86. The Morgan fingerprint density at radius 3 is 2.54 bits per heavy atom. The summed E-state index contributed by atoms with van der Waals surface area (Å²) in [7, 11) is 0. The zero-order valence-electron chi connectivity index (χ0n) is 18.3. The highest BCUT2D eigenvalue weighted by molar-refractivity contribution is 7.99. The molecule has 2 aromatic heterocycles. The van der Waals surface area contributed by atoms with Crippen molar-refractivity contribution in [3.63, 3.8) is 0 Å². The third-order valence-electron chi connectivity index (χ3n) is 5.28. The first-order valence-electron chi connectivity index (χ1n) is 10.7. The van der Waals surface area contributed by atoms with Gasteiger partial charge < -0.3 is 9.73 Å². The Hall–Kier alpha value is -4.06. The second-order valence-electron chi connectivity index (χ2n) is 7.62. The number of furan rings is 1. The number of nitrogens with zero attached hydrogens (tertiary/aromatic N) is 4. The number of rotatable bonds is 7. The van der Waals surface area contributed by atoms with Crippen LogP contribution in [0.25, 0.3) is 16.7 Å². The van der Waals surface area contributed by atoms with Crippen LogP contribution in [-0.4, -0.2) is 26.4 Å². The van der Waals surface area contributed by atoms with Gasteiger partial charge in [0.15, 0.2) is 5.16 Å². The van der Waals surface area contributed by atoms with Crippen molar-refractivity contribution in [2.24, 2.45) is 0 Å². The van der Waals surface area contributed by atoms with Crippen molar-refractivity contribution in [2.75, 3.05) is 11.1 Å². The molecule has 0 bridgehead atoms. The average Bonchev–Trinajstić information content (AvgIpc) is 3.45. The molecule has 1 N–H and O–H groups in total. The second kappa shape index (κ2) is 10.1. The van der Waals surface area contributed by atoms with Gasteiger partial charge in [-0.2, -0.15) is 5.26 Å². The molecule has 5 aromatic rings. The summed E-state index contributed by atoms with van der Waals surface area (Å²) in [6.45, 7) is 0. The molecule has 172 valence electrons. The van der Waals surface area contributed by atoms with E-state index in [9.17, 15) is 10.1 Å². The van der Waals surface area contributed by atoms with Gasteiger partial charge in [-0.3, -0.25) is 9.36 Å². The summed E-state index contributed by atoms with van der Waals surface area (Å²) >= 11 is 7.35. The largest absolute Gasteiger partial charge is 0.443 e. The van der Waals surface area contributed by atoms with Crippen molar-refractivity contribution >= 4 is 45.9 Å². The topological polar surface area (TPSA) is 96.7 Å². The van der Waals surface area contributed by atoms with Crippen LogP contribution in [0.15, 0.2) is 88.4 Å². The molecule has 0 aliphatic rings. The minimum absolute atomic E-state index is 0.0685. The number of hydrogen-bond donors (Lipinski definition) is 1. The Labute approximate surface area is 210 Å². The monoisotopic (exact) mass is 499 g/mol. The SMILES string of the molecule is N#Cc1oc2ccccc2c1NC(=O)CSc1nnc(Cc2ccccc2)n1-c1ccc(Cl)cc1. The van der Waals surface area contributed by atoms with Gasteiger partial charge in [0.25, 0.3) is 0 Å². The molecule has 0 atom stereocenters. The molecule has 0 aliphatic carbocycles. The van der Waals surface area contributed by atoms with Crippen LogP contribution >= 0.6 is 23.4 Å². The molecule has 0 spiro atoms. The number of carbonyl (C=O) groups excluding carboxylic acids is 1. The molecule has 35 heavy (non-hydrogen) atoms. The molecule has 9 heteroatoms. The number of nitrogens with one attached hydrogen (secondary N) is 1.